The summed E-state index contributed by atoms with van der Waals surface area (Å²) < 4.78 is 9.67. The van der Waals surface area contributed by atoms with Gasteiger partial charge in [0.05, 0.1) is 12.7 Å². The summed E-state index contributed by atoms with van der Waals surface area (Å²) in [4.78, 5) is 0. The van der Waals surface area contributed by atoms with Crippen molar-refractivity contribution in [2.75, 3.05) is 13.7 Å². The van der Waals surface area contributed by atoms with Crippen LogP contribution >= 0.6 is 0 Å². The molecule has 1 rings (SSSR count). The minimum Gasteiger partial charge on any atom is -0.390 e. The van der Waals surface area contributed by atoms with Gasteiger partial charge in [-0.2, -0.15) is 0 Å². The van der Waals surface area contributed by atoms with E-state index in [4.69, 9.17) is 14.6 Å². The van der Waals surface area contributed by atoms with E-state index in [1.165, 1.54) is 7.11 Å². The standard InChI is InChI=1S/C7H14O5/c1-11-3-5-7(10)4(8)2-6(9)12-5/h4-10H,2-3H2,1H3. The first-order valence-corrected chi connectivity index (χ1v) is 3.83. The van der Waals surface area contributed by atoms with Gasteiger partial charge in [-0.15, -0.1) is 0 Å². The number of rotatable bonds is 2. The molecule has 5 heteroatoms. The topological polar surface area (TPSA) is 79.2 Å². The van der Waals surface area contributed by atoms with Gasteiger partial charge in [0.15, 0.2) is 6.29 Å². The van der Waals surface area contributed by atoms with Crippen LogP contribution in [0.3, 0.4) is 0 Å². The van der Waals surface area contributed by atoms with Gasteiger partial charge in [0.25, 0.3) is 0 Å². The number of aliphatic hydroxyl groups is 3. The zero-order chi connectivity index (χ0) is 9.14. The molecule has 0 aromatic rings. The Hall–Kier alpha value is -0.200. The number of hydrogen-bond acceptors (Lipinski definition) is 5. The van der Waals surface area contributed by atoms with E-state index < -0.39 is 24.6 Å². The van der Waals surface area contributed by atoms with Crippen LogP contribution in [-0.4, -0.2) is 53.6 Å². The molecule has 0 aromatic heterocycles. The molecule has 1 aliphatic rings. The van der Waals surface area contributed by atoms with Crippen molar-refractivity contribution in [3.63, 3.8) is 0 Å². The lowest BCUT2D eigenvalue weighted by Gasteiger charge is -2.34. The highest BCUT2D eigenvalue weighted by Crippen LogP contribution is 2.18. The number of aliphatic hydroxyl groups excluding tert-OH is 3. The zero-order valence-electron chi connectivity index (χ0n) is 6.88. The summed E-state index contributed by atoms with van der Waals surface area (Å²) in [6, 6.07) is 0. The van der Waals surface area contributed by atoms with Crippen molar-refractivity contribution in [3.8, 4) is 0 Å². The Balaban J connectivity index is 2.47. The van der Waals surface area contributed by atoms with E-state index in [2.05, 4.69) is 0 Å². The lowest BCUT2D eigenvalue weighted by Crippen LogP contribution is -2.50. The van der Waals surface area contributed by atoms with Crippen molar-refractivity contribution in [2.24, 2.45) is 0 Å². The van der Waals surface area contributed by atoms with E-state index in [0.717, 1.165) is 0 Å². The van der Waals surface area contributed by atoms with E-state index >= 15 is 0 Å². The Morgan fingerprint density at radius 1 is 1.42 bits per heavy atom. The summed E-state index contributed by atoms with van der Waals surface area (Å²) in [7, 11) is 1.46. The predicted molar refractivity (Wildman–Crippen MR) is 39.4 cm³/mol. The first kappa shape index (κ1) is 9.88. The molecule has 0 spiro atoms. The minimum absolute atomic E-state index is 0.0430. The van der Waals surface area contributed by atoms with Crippen LogP contribution < -0.4 is 0 Å². The van der Waals surface area contributed by atoms with Gasteiger partial charge in [-0.05, 0) is 0 Å². The molecule has 4 unspecified atom stereocenters. The van der Waals surface area contributed by atoms with Crippen LogP contribution in [-0.2, 0) is 9.47 Å². The first-order valence-electron chi connectivity index (χ1n) is 3.83. The molecule has 1 aliphatic heterocycles. The van der Waals surface area contributed by atoms with Gasteiger partial charge in [0.1, 0.15) is 12.2 Å². The van der Waals surface area contributed by atoms with Crippen molar-refractivity contribution < 1.29 is 24.8 Å². The number of methoxy groups -OCH3 is 1. The third kappa shape index (κ3) is 2.15. The molecule has 1 heterocycles. The summed E-state index contributed by atoms with van der Waals surface area (Å²) in [5, 5.41) is 27.6. The fourth-order valence-electron chi connectivity index (χ4n) is 1.23. The number of hydrogen-bond donors (Lipinski definition) is 3. The van der Waals surface area contributed by atoms with E-state index in [1.807, 2.05) is 0 Å². The van der Waals surface area contributed by atoms with Crippen LogP contribution in [0.15, 0.2) is 0 Å². The summed E-state index contributed by atoms with van der Waals surface area (Å²) in [6.07, 6.45) is -3.53. The molecule has 3 N–H and O–H groups in total. The van der Waals surface area contributed by atoms with Crippen molar-refractivity contribution in [3.05, 3.63) is 0 Å². The van der Waals surface area contributed by atoms with Crippen LogP contribution in [0.4, 0.5) is 0 Å². The molecular formula is C7H14O5. The largest absolute Gasteiger partial charge is 0.390 e. The second kappa shape index (κ2) is 4.15. The molecule has 1 saturated heterocycles. The predicted octanol–water partition coefficient (Wildman–Crippen LogP) is -1.54. The van der Waals surface area contributed by atoms with Crippen LogP contribution in [0.5, 0.6) is 0 Å². The van der Waals surface area contributed by atoms with Gasteiger partial charge >= 0.3 is 0 Å². The smallest absolute Gasteiger partial charge is 0.157 e. The van der Waals surface area contributed by atoms with E-state index in [9.17, 15) is 10.2 Å². The SMILES string of the molecule is COCC1OC(O)CC(O)C1O. The monoisotopic (exact) mass is 178 g/mol. The highest BCUT2D eigenvalue weighted by atomic mass is 16.6. The maximum atomic E-state index is 9.32. The molecule has 0 radical (unpaired) electrons. The highest BCUT2D eigenvalue weighted by Gasteiger charge is 2.35. The van der Waals surface area contributed by atoms with Gasteiger partial charge < -0.3 is 24.8 Å². The van der Waals surface area contributed by atoms with Gasteiger partial charge in [0, 0.05) is 13.5 Å². The van der Waals surface area contributed by atoms with Crippen molar-refractivity contribution in [2.45, 2.75) is 31.0 Å². The van der Waals surface area contributed by atoms with Gasteiger partial charge in [-0.3, -0.25) is 0 Å². The molecular weight excluding hydrogens is 164 g/mol. The lowest BCUT2D eigenvalue weighted by molar-refractivity contribution is -0.241. The van der Waals surface area contributed by atoms with E-state index in [-0.39, 0.29) is 13.0 Å². The van der Waals surface area contributed by atoms with Crippen molar-refractivity contribution in [1.82, 2.24) is 0 Å². The Morgan fingerprint density at radius 2 is 2.08 bits per heavy atom. The maximum absolute atomic E-state index is 9.32. The van der Waals surface area contributed by atoms with Crippen LogP contribution in [0.2, 0.25) is 0 Å². The molecule has 12 heavy (non-hydrogen) atoms. The molecule has 0 amide bonds. The van der Waals surface area contributed by atoms with Gasteiger partial charge in [-0.1, -0.05) is 0 Å². The normalized spacial score (nSPS) is 43.0. The third-order valence-corrected chi connectivity index (χ3v) is 1.88. The van der Waals surface area contributed by atoms with Crippen molar-refractivity contribution in [1.29, 1.82) is 0 Å². The minimum atomic E-state index is -1.01. The van der Waals surface area contributed by atoms with E-state index in [0.29, 0.717) is 0 Å². The highest BCUT2D eigenvalue weighted by molar-refractivity contribution is 4.81. The second-order valence-corrected chi connectivity index (χ2v) is 2.88. The summed E-state index contributed by atoms with van der Waals surface area (Å²) in [5.41, 5.74) is 0. The van der Waals surface area contributed by atoms with Crippen LogP contribution in [0.1, 0.15) is 6.42 Å². The molecule has 0 aliphatic carbocycles. The molecule has 5 nitrogen and oxygen atoms in total. The fourth-order valence-corrected chi connectivity index (χ4v) is 1.23. The first-order chi connectivity index (χ1) is 5.65. The lowest BCUT2D eigenvalue weighted by atomic mass is 10.0. The molecule has 0 bridgehead atoms. The van der Waals surface area contributed by atoms with Gasteiger partial charge in [0.2, 0.25) is 0 Å². The zero-order valence-corrected chi connectivity index (χ0v) is 6.88. The third-order valence-electron chi connectivity index (χ3n) is 1.88. The van der Waals surface area contributed by atoms with Gasteiger partial charge in [-0.25, -0.2) is 0 Å². The molecule has 72 valence electrons. The molecule has 1 fully saturated rings. The Labute approximate surface area is 70.5 Å². The molecule has 0 saturated carbocycles. The Bertz CT molecular complexity index is 140. The average Bonchev–Trinajstić information content (AvgIpc) is 2.00. The fraction of sp³-hybridized carbons (Fsp3) is 1.00. The molecule has 0 aromatic carbocycles. The van der Waals surface area contributed by atoms with E-state index in [1.54, 1.807) is 0 Å². The Kier molecular flexibility index (Phi) is 3.42. The summed E-state index contributed by atoms with van der Waals surface area (Å²) in [5.74, 6) is 0. The second-order valence-electron chi connectivity index (χ2n) is 2.88. The van der Waals surface area contributed by atoms with Crippen LogP contribution in [0.25, 0.3) is 0 Å². The maximum Gasteiger partial charge on any atom is 0.157 e. The van der Waals surface area contributed by atoms with Crippen molar-refractivity contribution >= 4 is 0 Å². The summed E-state index contributed by atoms with van der Waals surface area (Å²) >= 11 is 0. The quantitative estimate of drug-likeness (QED) is 0.477. The number of ether oxygens (including phenoxy) is 2. The summed E-state index contributed by atoms with van der Waals surface area (Å²) in [6.45, 7) is 0.162. The molecule has 4 atom stereocenters. The average molecular weight is 178 g/mol. The van der Waals surface area contributed by atoms with Crippen LogP contribution in [0, 0.1) is 0 Å². The Morgan fingerprint density at radius 3 is 2.67 bits per heavy atom.